The molecule has 1 aromatic carbocycles. The molecule has 1 amide bonds. The van der Waals surface area contributed by atoms with Crippen LogP contribution in [-0.2, 0) is 9.53 Å². The number of rotatable bonds is 8. The average Bonchev–Trinajstić information content (AvgIpc) is 3.05. The van der Waals surface area contributed by atoms with Gasteiger partial charge in [-0.25, -0.2) is 0 Å². The third-order valence-corrected chi connectivity index (χ3v) is 3.79. The number of carbonyl (C=O) groups is 1. The summed E-state index contributed by atoms with van der Waals surface area (Å²) in [6.45, 7) is 5.66. The van der Waals surface area contributed by atoms with E-state index in [4.69, 9.17) is 9.47 Å². The van der Waals surface area contributed by atoms with Crippen LogP contribution in [0.5, 0.6) is 5.75 Å². The van der Waals surface area contributed by atoms with Gasteiger partial charge in [-0.15, -0.1) is 0 Å². The molecule has 2 rings (SSSR count). The zero-order chi connectivity index (χ0) is 15.8. The molecule has 0 saturated carbocycles. The van der Waals surface area contributed by atoms with Crippen molar-refractivity contribution in [3.8, 4) is 5.75 Å². The normalized spacial score (nSPS) is 18.7. The fraction of sp³-hybridized carbons (Fsp3) is 0.588. The second-order valence-electron chi connectivity index (χ2n) is 5.67. The molecule has 122 valence electrons. The van der Waals surface area contributed by atoms with Crippen LogP contribution in [0.15, 0.2) is 24.3 Å². The number of para-hydroxylation sites is 2. The highest BCUT2D eigenvalue weighted by Gasteiger charge is 2.16. The quantitative estimate of drug-likeness (QED) is 0.775. The minimum absolute atomic E-state index is 0.0109. The van der Waals surface area contributed by atoms with Gasteiger partial charge in [0, 0.05) is 12.6 Å². The fourth-order valence-corrected chi connectivity index (χ4v) is 2.30. The van der Waals surface area contributed by atoms with Gasteiger partial charge in [-0.1, -0.05) is 19.1 Å². The predicted octanol–water partition coefficient (Wildman–Crippen LogP) is 2.57. The van der Waals surface area contributed by atoms with Crippen LogP contribution in [0.1, 0.15) is 33.1 Å². The van der Waals surface area contributed by atoms with E-state index < -0.39 is 0 Å². The monoisotopic (exact) mass is 306 g/mol. The molecule has 0 radical (unpaired) electrons. The van der Waals surface area contributed by atoms with Crippen LogP contribution in [0.2, 0.25) is 0 Å². The molecule has 1 heterocycles. The molecule has 0 spiro atoms. The van der Waals surface area contributed by atoms with E-state index in [2.05, 4.69) is 10.6 Å². The summed E-state index contributed by atoms with van der Waals surface area (Å²) >= 11 is 0. The summed E-state index contributed by atoms with van der Waals surface area (Å²) in [6.07, 6.45) is 3.26. The van der Waals surface area contributed by atoms with Crippen molar-refractivity contribution < 1.29 is 14.3 Å². The first kappa shape index (κ1) is 16.6. The lowest BCUT2D eigenvalue weighted by Gasteiger charge is -2.16. The Bertz CT molecular complexity index is 473. The summed E-state index contributed by atoms with van der Waals surface area (Å²) in [5.74, 6) is 0.748. The van der Waals surface area contributed by atoms with Crippen molar-refractivity contribution in [2.75, 3.05) is 25.1 Å². The zero-order valence-electron chi connectivity index (χ0n) is 13.4. The molecule has 1 aliphatic rings. The average molecular weight is 306 g/mol. The predicted molar refractivity (Wildman–Crippen MR) is 87.3 cm³/mol. The van der Waals surface area contributed by atoms with Crippen LogP contribution in [0, 0.1) is 0 Å². The maximum absolute atomic E-state index is 11.8. The number of nitrogens with one attached hydrogen (secondary N) is 2. The standard InChI is InChI=1S/C17H26N2O3/c1-3-13(2)19-17(20)11-18-15-8-4-5-9-16(15)22-12-14-7-6-10-21-14/h4-5,8-9,13-14,18H,3,6-7,10-12H2,1-2H3,(H,19,20). The minimum Gasteiger partial charge on any atom is -0.489 e. The van der Waals surface area contributed by atoms with Gasteiger partial charge in [0.1, 0.15) is 12.4 Å². The van der Waals surface area contributed by atoms with Gasteiger partial charge in [-0.2, -0.15) is 0 Å². The van der Waals surface area contributed by atoms with Gasteiger partial charge in [-0.05, 0) is 38.3 Å². The molecule has 0 aromatic heterocycles. The van der Waals surface area contributed by atoms with Crippen LogP contribution in [0.4, 0.5) is 5.69 Å². The van der Waals surface area contributed by atoms with Crippen molar-refractivity contribution in [2.45, 2.75) is 45.3 Å². The molecular formula is C17H26N2O3. The molecule has 5 heteroatoms. The summed E-state index contributed by atoms with van der Waals surface area (Å²) in [7, 11) is 0. The van der Waals surface area contributed by atoms with Crippen LogP contribution < -0.4 is 15.4 Å². The number of hydrogen-bond acceptors (Lipinski definition) is 4. The molecule has 0 bridgehead atoms. The van der Waals surface area contributed by atoms with Gasteiger partial charge >= 0.3 is 0 Å². The topological polar surface area (TPSA) is 59.6 Å². The second-order valence-corrected chi connectivity index (χ2v) is 5.67. The van der Waals surface area contributed by atoms with Crippen LogP contribution >= 0.6 is 0 Å². The summed E-state index contributed by atoms with van der Waals surface area (Å²) in [4.78, 5) is 11.8. The van der Waals surface area contributed by atoms with E-state index in [9.17, 15) is 4.79 Å². The van der Waals surface area contributed by atoms with Crippen molar-refractivity contribution in [1.29, 1.82) is 0 Å². The third-order valence-electron chi connectivity index (χ3n) is 3.79. The van der Waals surface area contributed by atoms with Gasteiger partial charge in [0.2, 0.25) is 5.91 Å². The SMILES string of the molecule is CCC(C)NC(=O)CNc1ccccc1OCC1CCCO1. The molecular weight excluding hydrogens is 280 g/mol. The Balaban J connectivity index is 1.83. The van der Waals surface area contributed by atoms with Gasteiger partial charge in [0.15, 0.2) is 0 Å². The molecule has 1 fully saturated rings. The maximum atomic E-state index is 11.8. The van der Waals surface area contributed by atoms with Crippen molar-refractivity contribution >= 4 is 11.6 Å². The van der Waals surface area contributed by atoms with E-state index in [0.717, 1.165) is 37.3 Å². The lowest BCUT2D eigenvalue weighted by Crippen LogP contribution is -2.36. The van der Waals surface area contributed by atoms with E-state index in [-0.39, 0.29) is 24.6 Å². The highest BCUT2D eigenvalue weighted by molar-refractivity contribution is 5.81. The van der Waals surface area contributed by atoms with Crippen molar-refractivity contribution in [1.82, 2.24) is 5.32 Å². The molecule has 22 heavy (non-hydrogen) atoms. The van der Waals surface area contributed by atoms with Gasteiger partial charge in [0.05, 0.1) is 18.3 Å². The Labute approximate surface area is 132 Å². The summed E-state index contributed by atoms with van der Waals surface area (Å²) in [5.41, 5.74) is 0.833. The molecule has 1 aromatic rings. The Morgan fingerprint density at radius 2 is 2.27 bits per heavy atom. The van der Waals surface area contributed by atoms with E-state index in [1.165, 1.54) is 0 Å². The smallest absolute Gasteiger partial charge is 0.239 e. The van der Waals surface area contributed by atoms with Crippen molar-refractivity contribution in [3.05, 3.63) is 24.3 Å². The summed E-state index contributed by atoms with van der Waals surface area (Å²) in [6, 6.07) is 7.87. The fourth-order valence-electron chi connectivity index (χ4n) is 2.30. The van der Waals surface area contributed by atoms with E-state index in [1.807, 2.05) is 38.1 Å². The van der Waals surface area contributed by atoms with E-state index >= 15 is 0 Å². The molecule has 2 N–H and O–H groups in total. The van der Waals surface area contributed by atoms with E-state index in [0.29, 0.717) is 6.61 Å². The number of amides is 1. The molecule has 5 nitrogen and oxygen atoms in total. The van der Waals surface area contributed by atoms with Crippen LogP contribution in [-0.4, -0.2) is 37.8 Å². The minimum atomic E-state index is -0.0109. The Hall–Kier alpha value is -1.75. The Morgan fingerprint density at radius 3 is 3.00 bits per heavy atom. The number of hydrogen-bond donors (Lipinski definition) is 2. The largest absolute Gasteiger partial charge is 0.489 e. The maximum Gasteiger partial charge on any atom is 0.239 e. The number of anilines is 1. The van der Waals surface area contributed by atoms with Crippen molar-refractivity contribution in [3.63, 3.8) is 0 Å². The molecule has 1 saturated heterocycles. The highest BCUT2D eigenvalue weighted by Crippen LogP contribution is 2.24. The molecule has 0 aliphatic carbocycles. The van der Waals surface area contributed by atoms with Crippen LogP contribution in [0.3, 0.4) is 0 Å². The number of benzene rings is 1. The van der Waals surface area contributed by atoms with Crippen LogP contribution in [0.25, 0.3) is 0 Å². The lowest BCUT2D eigenvalue weighted by atomic mass is 10.2. The Kier molecular flexibility index (Phi) is 6.52. The Morgan fingerprint density at radius 1 is 1.45 bits per heavy atom. The molecule has 2 unspecified atom stereocenters. The molecule has 1 aliphatic heterocycles. The molecule has 2 atom stereocenters. The lowest BCUT2D eigenvalue weighted by molar-refractivity contribution is -0.120. The second kappa shape index (κ2) is 8.63. The summed E-state index contributed by atoms with van der Waals surface area (Å²) in [5, 5.41) is 6.07. The number of ether oxygens (including phenoxy) is 2. The first-order chi connectivity index (χ1) is 10.7. The van der Waals surface area contributed by atoms with Gasteiger partial charge in [-0.3, -0.25) is 4.79 Å². The third kappa shape index (κ3) is 5.22. The zero-order valence-corrected chi connectivity index (χ0v) is 13.4. The van der Waals surface area contributed by atoms with E-state index in [1.54, 1.807) is 0 Å². The number of carbonyl (C=O) groups excluding carboxylic acids is 1. The van der Waals surface area contributed by atoms with Gasteiger partial charge in [0.25, 0.3) is 0 Å². The summed E-state index contributed by atoms with van der Waals surface area (Å²) < 4.78 is 11.4. The first-order valence-electron chi connectivity index (χ1n) is 8.05. The van der Waals surface area contributed by atoms with Crippen molar-refractivity contribution in [2.24, 2.45) is 0 Å². The highest BCUT2D eigenvalue weighted by atomic mass is 16.5. The first-order valence-corrected chi connectivity index (χ1v) is 8.05. The van der Waals surface area contributed by atoms with Gasteiger partial charge < -0.3 is 20.1 Å².